The van der Waals surface area contributed by atoms with E-state index in [4.69, 9.17) is 0 Å². The van der Waals surface area contributed by atoms with E-state index in [0.29, 0.717) is 0 Å². The molecule has 184 valence electrons. The van der Waals surface area contributed by atoms with E-state index in [1.165, 1.54) is 71.7 Å². The minimum Gasteiger partial charge on any atom is -0.309 e. The maximum Gasteiger partial charge on any atom is 0.0544 e. The monoisotopic (exact) mass is 498 g/mol. The highest BCUT2D eigenvalue weighted by molar-refractivity contribution is 6.11. The highest BCUT2D eigenvalue weighted by Crippen LogP contribution is 2.40. The van der Waals surface area contributed by atoms with E-state index in [-0.39, 0.29) is 0 Å². The average Bonchev–Trinajstić information content (AvgIpc) is 3.51. The molecule has 0 amide bonds. The lowest BCUT2D eigenvalue weighted by Gasteiger charge is -2.19. The lowest BCUT2D eigenvalue weighted by atomic mass is 9.99. The third kappa shape index (κ3) is 3.22. The summed E-state index contributed by atoms with van der Waals surface area (Å²) in [5.74, 6) is 0. The fourth-order valence-corrected chi connectivity index (χ4v) is 6.32. The van der Waals surface area contributed by atoms with Crippen LogP contribution in [0.25, 0.3) is 66.1 Å². The summed E-state index contributed by atoms with van der Waals surface area (Å²) in [6.07, 6.45) is 0. The van der Waals surface area contributed by atoms with Gasteiger partial charge in [-0.1, -0.05) is 103 Å². The van der Waals surface area contributed by atoms with Crippen LogP contribution in [0.3, 0.4) is 0 Å². The molecule has 2 heterocycles. The van der Waals surface area contributed by atoms with Crippen LogP contribution < -0.4 is 0 Å². The van der Waals surface area contributed by atoms with Crippen LogP contribution in [0.4, 0.5) is 0 Å². The van der Waals surface area contributed by atoms with E-state index in [2.05, 4.69) is 156 Å². The largest absolute Gasteiger partial charge is 0.309 e. The summed E-state index contributed by atoms with van der Waals surface area (Å²) in [5, 5.41) is 5.10. The van der Waals surface area contributed by atoms with Crippen LogP contribution in [0, 0.1) is 6.92 Å². The minimum absolute atomic E-state index is 1.20. The predicted octanol–water partition coefficient (Wildman–Crippen LogP) is 9.86. The first-order chi connectivity index (χ1) is 19.3. The molecule has 0 bridgehead atoms. The third-order valence-corrected chi connectivity index (χ3v) is 8.04. The Morgan fingerprint density at radius 3 is 1.23 bits per heavy atom. The van der Waals surface area contributed by atoms with Gasteiger partial charge < -0.3 is 9.13 Å². The molecule has 0 fully saturated rings. The van der Waals surface area contributed by atoms with Gasteiger partial charge in [0.05, 0.1) is 27.8 Å². The van der Waals surface area contributed by atoms with E-state index < -0.39 is 0 Å². The Balaban J connectivity index is 1.51. The van der Waals surface area contributed by atoms with Crippen LogP contribution >= 0.6 is 0 Å². The van der Waals surface area contributed by atoms with E-state index in [9.17, 15) is 0 Å². The molecule has 0 N–H and O–H groups in total. The number of para-hydroxylation sites is 4. The Morgan fingerprint density at radius 2 is 0.769 bits per heavy atom. The number of hydrogen-bond acceptors (Lipinski definition) is 0. The van der Waals surface area contributed by atoms with Crippen molar-refractivity contribution in [2.24, 2.45) is 0 Å². The molecular weight excluding hydrogens is 472 g/mol. The van der Waals surface area contributed by atoms with Crippen molar-refractivity contribution in [2.45, 2.75) is 6.92 Å². The van der Waals surface area contributed by atoms with Crippen LogP contribution in [0.1, 0.15) is 5.56 Å². The molecule has 0 atom stereocenters. The topological polar surface area (TPSA) is 9.86 Å². The van der Waals surface area contributed by atoms with Gasteiger partial charge in [0, 0.05) is 32.8 Å². The van der Waals surface area contributed by atoms with Crippen molar-refractivity contribution in [1.82, 2.24) is 9.13 Å². The Morgan fingerprint density at radius 1 is 0.385 bits per heavy atom. The highest BCUT2D eigenvalue weighted by Gasteiger charge is 2.19. The van der Waals surface area contributed by atoms with E-state index in [0.717, 1.165) is 0 Å². The summed E-state index contributed by atoms with van der Waals surface area (Å²) in [6.45, 7) is 2.24. The first-order valence-electron chi connectivity index (χ1n) is 13.5. The van der Waals surface area contributed by atoms with Gasteiger partial charge in [0.15, 0.2) is 0 Å². The highest BCUT2D eigenvalue weighted by atomic mass is 15.0. The summed E-state index contributed by atoms with van der Waals surface area (Å²) in [7, 11) is 0. The number of aromatic nitrogens is 2. The second-order valence-electron chi connectivity index (χ2n) is 10.3. The molecular formula is C37H26N2. The van der Waals surface area contributed by atoms with E-state index >= 15 is 0 Å². The van der Waals surface area contributed by atoms with Crippen molar-refractivity contribution in [3.63, 3.8) is 0 Å². The molecule has 0 spiro atoms. The number of aryl methyl sites for hydroxylation is 1. The zero-order valence-corrected chi connectivity index (χ0v) is 21.7. The summed E-state index contributed by atoms with van der Waals surface area (Å²) in [4.78, 5) is 0. The summed E-state index contributed by atoms with van der Waals surface area (Å²) in [6, 6.07) is 50.5. The summed E-state index contributed by atoms with van der Waals surface area (Å²) >= 11 is 0. The van der Waals surface area contributed by atoms with Crippen molar-refractivity contribution >= 4 is 43.6 Å². The molecule has 0 saturated carbocycles. The van der Waals surface area contributed by atoms with Crippen LogP contribution in [0.15, 0.2) is 140 Å². The Labute approximate surface area is 227 Å². The number of hydrogen-bond donors (Lipinski definition) is 0. The number of nitrogens with zero attached hydrogens (tertiary/aromatic N) is 2. The molecule has 2 heteroatoms. The first-order valence-corrected chi connectivity index (χ1v) is 13.5. The quantitative estimate of drug-likeness (QED) is 0.229. The smallest absolute Gasteiger partial charge is 0.0544 e. The van der Waals surface area contributed by atoms with Crippen LogP contribution in [0.2, 0.25) is 0 Å². The Bertz CT molecular complexity index is 2070. The van der Waals surface area contributed by atoms with Gasteiger partial charge in [-0.25, -0.2) is 0 Å². The molecule has 6 aromatic carbocycles. The SMILES string of the molecule is Cc1cc(-n2c3ccccc3c3ccccc32)c(-c2ccccc2)cc1-n1c2ccccc2c2ccccc21. The molecule has 0 unspecified atom stereocenters. The molecule has 8 aromatic rings. The van der Waals surface area contributed by atoms with Crippen LogP contribution in [-0.2, 0) is 0 Å². The third-order valence-electron chi connectivity index (χ3n) is 8.04. The average molecular weight is 499 g/mol. The first kappa shape index (κ1) is 22.0. The van der Waals surface area contributed by atoms with Crippen molar-refractivity contribution in [3.8, 4) is 22.5 Å². The second-order valence-corrected chi connectivity index (χ2v) is 10.3. The van der Waals surface area contributed by atoms with Crippen molar-refractivity contribution in [1.29, 1.82) is 0 Å². The Kier molecular flexibility index (Phi) is 4.77. The number of fused-ring (bicyclic) bond motifs is 6. The normalized spacial score (nSPS) is 11.7. The van der Waals surface area contributed by atoms with Gasteiger partial charge in [-0.15, -0.1) is 0 Å². The van der Waals surface area contributed by atoms with Gasteiger partial charge in [-0.2, -0.15) is 0 Å². The van der Waals surface area contributed by atoms with Gasteiger partial charge in [0.2, 0.25) is 0 Å². The lowest BCUT2D eigenvalue weighted by Crippen LogP contribution is -2.03. The maximum absolute atomic E-state index is 2.44. The molecule has 39 heavy (non-hydrogen) atoms. The fourth-order valence-electron chi connectivity index (χ4n) is 6.32. The summed E-state index contributed by atoms with van der Waals surface area (Å²) < 4.78 is 4.87. The van der Waals surface area contributed by atoms with Crippen molar-refractivity contribution in [3.05, 3.63) is 145 Å². The zero-order chi connectivity index (χ0) is 25.9. The van der Waals surface area contributed by atoms with E-state index in [1.54, 1.807) is 0 Å². The summed E-state index contributed by atoms with van der Waals surface area (Å²) in [5.41, 5.74) is 11.0. The Hall–Kier alpha value is -5.08. The second kappa shape index (κ2) is 8.47. The molecule has 2 nitrogen and oxygen atoms in total. The zero-order valence-electron chi connectivity index (χ0n) is 21.7. The fraction of sp³-hybridized carbons (Fsp3) is 0.0270. The van der Waals surface area contributed by atoms with Gasteiger partial charge >= 0.3 is 0 Å². The molecule has 0 aliphatic carbocycles. The minimum atomic E-state index is 1.20. The number of benzene rings is 6. The molecule has 0 saturated heterocycles. The molecule has 2 aromatic heterocycles. The lowest BCUT2D eigenvalue weighted by molar-refractivity contribution is 1.12. The standard InChI is InChI=1S/C37H26N2/c1-25-23-37(39-34-21-11-7-17-29(34)30-18-8-12-22-35(30)39)31(26-13-3-2-4-14-26)24-36(25)38-32-19-9-5-15-27(32)28-16-6-10-20-33(28)38/h2-24H,1H3. The van der Waals surface area contributed by atoms with Crippen molar-refractivity contribution in [2.75, 3.05) is 0 Å². The van der Waals surface area contributed by atoms with Crippen LogP contribution in [-0.4, -0.2) is 9.13 Å². The van der Waals surface area contributed by atoms with Crippen molar-refractivity contribution < 1.29 is 0 Å². The van der Waals surface area contributed by atoms with E-state index in [1.807, 2.05) is 0 Å². The van der Waals surface area contributed by atoms with Crippen LogP contribution in [0.5, 0.6) is 0 Å². The van der Waals surface area contributed by atoms with Gasteiger partial charge in [0.1, 0.15) is 0 Å². The molecule has 0 aliphatic heterocycles. The van der Waals surface area contributed by atoms with Gasteiger partial charge in [-0.05, 0) is 54.4 Å². The molecule has 0 radical (unpaired) electrons. The van der Waals surface area contributed by atoms with Gasteiger partial charge in [0.25, 0.3) is 0 Å². The maximum atomic E-state index is 2.44. The van der Waals surface area contributed by atoms with Gasteiger partial charge in [-0.3, -0.25) is 0 Å². The molecule has 8 rings (SSSR count). The number of rotatable bonds is 3. The molecule has 0 aliphatic rings. The predicted molar refractivity (Wildman–Crippen MR) is 165 cm³/mol.